The normalized spacial score (nSPS) is 19.8. The van der Waals surface area contributed by atoms with Gasteiger partial charge in [-0.25, -0.2) is 8.78 Å². The van der Waals surface area contributed by atoms with Gasteiger partial charge in [-0.1, -0.05) is 24.3 Å². The predicted octanol–water partition coefficient (Wildman–Crippen LogP) is 3.53. The van der Waals surface area contributed by atoms with Gasteiger partial charge in [0.2, 0.25) is 5.91 Å². The van der Waals surface area contributed by atoms with Crippen LogP contribution in [0.1, 0.15) is 24.8 Å². The average Bonchev–Trinajstić information content (AvgIpc) is 2.95. The molecule has 0 aromatic heterocycles. The Morgan fingerprint density at radius 1 is 1.10 bits per heavy atom. The fourth-order valence-corrected chi connectivity index (χ4v) is 3.62. The lowest BCUT2D eigenvalue weighted by atomic mass is 9.95. The molecule has 2 aromatic rings. The molecular weight excluding hydrogens is 390 g/mol. The molecule has 0 radical (unpaired) electrons. The van der Waals surface area contributed by atoms with Crippen LogP contribution in [0.3, 0.4) is 0 Å². The quantitative estimate of drug-likeness (QED) is 0.713. The first-order chi connectivity index (χ1) is 14.5. The van der Waals surface area contributed by atoms with Crippen LogP contribution in [0.4, 0.5) is 8.78 Å². The Bertz CT molecular complexity index is 831. The number of para-hydroxylation sites is 1. The van der Waals surface area contributed by atoms with Crippen LogP contribution in [-0.2, 0) is 16.1 Å². The molecule has 1 heterocycles. The molecule has 1 N–H and O–H groups in total. The summed E-state index contributed by atoms with van der Waals surface area (Å²) in [7, 11) is 1.65. The van der Waals surface area contributed by atoms with Crippen LogP contribution in [0, 0.1) is 11.6 Å². The number of nitrogens with zero attached hydrogens (tertiary/aromatic N) is 1. The van der Waals surface area contributed by atoms with E-state index < -0.39 is 11.4 Å². The zero-order valence-corrected chi connectivity index (χ0v) is 17.2. The van der Waals surface area contributed by atoms with Crippen molar-refractivity contribution in [1.82, 2.24) is 10.2 Å². The van der Waals surface area contributed by atoms with E-state index in [0.717, 1.165) is 24.9 Å². The highest BCUT2D eigenvalue weighted by Crippen LogP contribution is 2.28. The largest absolute Gasteiger partial charge is 0.488 e. The Hall–Kier alpha value is -2.51. The van der Waals surface area contributed by atoms with Crippen LogP contribution in [0.25, 0.3) is 0 Å². The third-order valence-corrected chi connectivity index (χ3v) is 5.52. The topological polar surface area (TPSA) is 50.8 Å². The summed E-state index contributed by atoms with van der Waals surface area (Å²) in [5, 5.41) is 2.87. The van der Waals surface area contributed by atoms with Gasteiger partial charge < -0.3 is 14.8 Å². The molecule has 0 bridgehead atoms. The van der Waals surface area contributed by atoms with E-state index in [1.807, 2.05) is 0 Å². The van der Waals surface area contributed by atoms with Crippen molar-refractivity contribution >= 4 is 5.91 Å². The number of ether oxygens (including phenoxy) is 2. The highest BCUT2D eigenvalue weighted by atomic mass is 19.1. The van der Waals surface area contributed by atoms with Crippen LogP contribution >= 0.6 is 0 Å². The monoisotopic (exact) mass is 418 g/mol. The number of carbonyl (C=O) groups is 1. The molecule has 0 saturated carbocycles. The third-order valence-electron chi connectivity index (χ3n) is 5.52. The summed E-state index contributed by atoms with van der Waals surface area (Å²) in [6.07, 6.45) is 2.30. The van der Waals surface area contributed by atoms with Gasteiger partial charge in [0.25, 0.3) is 0 Å². The lowest BCUT2D eigenvalue weighted by Crippen LogP contribution is -2.41. The number of carbonyl (C=O) groups excluding carboxylic acids is 1. The number of hydrogen-bond acceptors (Lipinski definition) is 4. The number of hydrogen-bond donors (Lipinski definition) is 1. The molecule has 1 aliphatic rings. The average molecular weight is 418 g/mol. The number of halogens is 2. The van der Waals surface area contributed by atoms with E-state index in [4.69, 9.17) is 9.47 Å². The van der Waals surface area contributed by atoms with Crippen molar-refractivity contribution < 1.29 is 23.0 Å². The Labute approximate surface area is 176 Å². The van der Waals surface area contributed by atoms with Crippen molar-refractivity contribution in [3.05, 3.63) is 65.7 Å². The van der Waals surface area contributed by atoms with E-state index in [1.165, 1.54) is 18.2 Å². The molecule has 0 spiro atoms. The second-order valence-corrected chi connectivity index (χ2v) is 7.64. The van der Waals surface area contributed by atoms with E-state index in [0.29, 0.717) is 19.5 Å². The zero-order valence-electron chi connectivity index (χ0n) is 17.2. The Morgan fingerprint density at radius 3 is 2.60 bits per heavy atom. The van der Waals surface area contributed by atoms with E-state index in [-0.39, 0.29) is 30.6 Å². The summed E-state index contributed by atoms with van der Waals surface area (Å²) < 4.78 is 38.3. The number of likely N-dealkylation sites (tertiary alicyclic amines) is 1. The van der Waals surface area contributed by atoms with E-state index in [9.17, 15) is 13.6 Å². The van der Waals surface area contributed by atoms with E-state index >= 15 is 0 Å². The zero-order chi connectivity index (χ0) is 21.4. The maximum Gasteiger partial charge on any atom is 0.234 e. The number of methoxy groups -OCH3 is 1. The van der Waals surface area contributed by atoms with Gasteiger partial charge in [-0.3, -0.25) is 9.69 Å². The van der Waals surface area contributed by atoms with E-state index in [2.05, 4.69) is 10.2 Å². The Kier molecular flexibility index (Phi) is 7.76. The molecule has 5 nitrogen and oxygen atoms in total. The van der Waals surface area contributed by atoms with Gasteiger partial charge in [0, 0.05) is 20.2 Å². The SMILES string of the molecule is COC1(COc2ccccc2F)CCCN(CC(=O)NCc2ccc(F)cc2)CC1. The standard InChI is InChI=1S/C23H28F2N2O3/c1-29-23(17-30-21-6-3-2-5-20(21)25)11-4-13-27(14-12-23)16-22(28)26-15-18-7-9-19(24)10-8-18/h2-3,5-10H,4,11-17H2,1H3,(H,26,28). The molecule has 1 saturated heterocycles. The fourth-order valence-electron chi connectivity index (χ4n) is 3.62. The molecule has 3 rings (SSSR count). The van der Waals surface area contributed by atoms with Gasteiger partial charge in [0.05, 0.1) is 6.54 Å². The number of rotatable bonds is 8. The number of amides is 1. The first-order valence-electron chi connectivity index (χ1n) is 10.2. The molecule has 162 valence electrons. The van der Waals surface area contributed by atoms with Crippen molar-refractivity contribution in [2.75, 3.05) is 33.4 Å². The molecule has 1 fully saturated rings. The number of benzene rings is 2. The summed E-state index contributed by atoms with van der Waals surface area (Å²) in [5.41, 5.74) is 0.339. The second-order valence-electron chi connectivity index (χ2n) is 7.64. The number of nitrogens with one attached hydrogen (secondary N) is 1. The van der Waals surface area contributed by atoms with Crippen LogP contribution in [0.2, 0.25) is 0 Å². The minimum atomic E-state index is -0.512. The van der Waals surface area contributed by atoms with Gasteiger partial charge >= 0.3 is 0 Å². The van der Waals surface area contributed by atoms with Gasteiger partial charge in [-0.05, 0) is 55.6 Å². The summed E-state index contributed by atoms with van der Waals surface area (Å²) in [5.74, 6) is -0.547. The summed E-state index contributed by atoms with van der Waals surface area (Å²) in [6, 6.07) is 12.4. The first kappa shape index (κ1) is 22.2. The molecule has 1 amide bonds. The Morgan fingerprint density at radius 2 is 1.87 bits per heavy atom. The minimum Gasteiger partial charge on any atom is -0.488 e. The second kappa shape index (κ2) is 10.5. The third kappa shape index (κ3) is 6.24. The molecular formula is C23H28F2N2O3. The predicted molar refractivity (Wildman–Crippen MR) is 110 cm³/mol. The van der Waals surface area contributed by atoms with Gasteiger partial charge in [-0.15, -0.1) is 0 Å². The summed E-state index contributed by atoms with van der Waals surface area (Å²) >= 11 is 0. The Balaban J connectivity index is 1.48. The molecule has 1 aliphatic heterocycles. The summed E-state index contributed by atoms with van der Waals surface area (Å²) in [4.78, 5) is 14.4. The molecule has 7 heteroatoms. The molecule has 2 aromatic carbocycles. The smallest absolute Gasteiger partial charge is 0.234 e. The van der Waals surface area contributed by atoms with Gasteiger partial charge in [0.15, 0.2) is 11.6 Å². The van der Waals surface area contributed by atoms with Crippen LogP contribution in [0.5, 0.6) is 5.75 Å². The maximum atomic E-state index is 13.8. The lowest BCUT2D eigenvalue weighted by Gasteiger charge is -2.31. The van der Waals surface area contributed by atoms with Crippen molar-refractivity contribution in [1.29, 1.82) is 0 Å². The van der Waals surface area contributed by atoms with Crippen LogP contribution in [0.15, 0.2) is 48.5 Å². The van der Waals surface area contributed by atoms with Crippen LogP contribution < -0.4 is 10.1 Å². The molecule has 1 atom stereocenters. The highest BCUT2D eigenvalue weighted by molar-refractivity contribution is 5.78. The lowest BCUT2D eigenvalue weighted by molar-refractivity contribution is -0.122. The first-order valence-corrected chi connectivity index (χ1v) is 10.2. The van der Waals surface area contributed by atoms with Crippen molar-refractivity contribution in [2.45, 2.75) is 31.4 Å². The van der Waals surface area contributed by atoms with Crippen molar-refractivity contribution in [3.63, 3.8) is 0 Å². The van der Waals surface area contributed by atoms with Gasteiger partial charge in [0.1, 0.15) is 18.0 Å². The fraction of sp³-hybridized carbons (Fsp3) is 0.435. The van der Waals surface area contributed by atoms with E-state index in [1.54, 1.807) is 37.4 Å². The molecule has 30 heavy (non-hydrogen) atoms. The van der Waals surface area contributed by atoms with Crippen molar-refractivity contribution in [3.8, 4) is 5.75 Å². The molecule has 0 aliphatic carbocycles. The van der Waals surface area contributed by atoms with Crippen LogP contribution in [-0.4, -0.2) is 49.8 Å². The van der Waals surface area contributed by atoms with Crippen molar-refractivity contribution in [2.24, 2.45) is 0 Å². The minimum absolute atomic E-state index is 0.0770. The van der Waals surface area contributed by atoms with Gasteiger partial charge in [-0.2, -0.15) is 0 Å². The maximum absolute atomic E-state index is 13.8. The highest BCUT2D eigenvalue weighted by Gasteiger charge is 2.34. The molecule has 1 unspecified atom stereocenters. The summed E-state index contributed by atoms with van der Waals surface area (Å²) in [6.45, 7) is 2.36.